The Kier molecular flexibility index (Phi) is 4.90. The number of aromatic nitrogens is 2. The summed E-state index contributed by atoms with van der Waals surface area (Å²) < 4.78 is 0. The summed E-state index contributed by atoms with van der Waals surface area (Å²) in [6.45, 7) is 7.92. The fraction of sp³-hybridized carbons (Fsp3) is 0.400. The van der Waals surface area contributed by atoms with Crippen LogP contribution < -0.4 is 10.6 Å². The van der Waals surface area contributed by atoms with Crippen LogP contribution in [0, 0.1) is 13.8 Å². The van der Waals surface area contributed by atoms with Gasteiger partial charge < -0.3 is 5.32 Å². The van der Waals surface area contributed by atoms with E-state index in [1.54, 1.807) is 0 Å². The van der Waals surface area contributed by atoms with Gasteiger partial charge in [-0.05, 0) is 38.8 Å². The van der Waals surface area contributed by atoms with Crippen molar-refractivity contribution in [2.75, 3.05) is 10.6 Å². The van der Waals surface area contributed by atoms with Crippen LogP contribution in [0.15, 0.2) is 18.2 Å². The first-order valence-corrected chi connectivity index (χ1v) is 7.78. The minimum absolute atomic E-state index is 0.117. The minimum atomic E-state index is -0.347. The number of anilines is 2. The van der Waals surface area contributed by atoms with Gasteiger partial charge in [-0.15, -0.1) is 10.2 Å². The molecule has 0 fully saturated rings. The Morgan fingerprint density at radius 1 is 1.33 bits per heavy atom. The van der Waals surface area contributed by atoms with E-state index in [1.165, 1.54) is 16.9 Å². The smallest absolute Gasteiger partial charge is 0.248 e. The zero-order valence-corrected chi connectivity index (χ0v) is 13.5. The number of rotatable bonds is 5. The van der Waals surface area contributed by atoms with Crippen molar-refractivity contribution in [3.05, 3.63) is 34.3 Å². The monoisotopic (exact) mass is 304 g/mol. The van der Waals surface area contributed by atoms with E-state index in [0.717, 1.165) is 22.7 Å². The molecule has 0 saturated heterocycles. The van der Waals surface area contributed by atoms with Crippen molar-refractivity contribution in [1.29, 1.82) is 0 Å². The lowest BCUT2D eigenvalue weighted by atomic mass is 10.1. The molecular formula is C15H20N4OS. The molecule has 0 aliphatic rings. The van der Waals surface area contributed by atoms with Crippen LogP contribution in [0.4, 0.5) is 10.8 Å². The molecule has 1 aromatic heterocycles. The normalized spacial score (nSPS) is 12.0. The van der Waals surface area contributed by atoms with Crippen LogP contribution in [0.5, 0.6) is 0 Å². The van der Waals surface area contributed by atoms with E-state index in [-0.39, 0.29) is 11.9 Å². The van der Waals surface area contributed by atoms with Crippen LogP contribution in [0.1, 0.15) is 30.0 Å². The number of benzene rings is 1. The van der Waals surface area contributed by atoms with Gasteiger partial charge in [-0.25, -0.2) is 0 Å². The van der Waals surface area contributed by atoms with Gasteiger partial charge in [0.05, 0.1) is 0 Å². The third kappa shape index (κ3) is 4.01. The van der Waals surface area contributed by atoms with Gasteiger partial charge in [0.1, 0.15) is 11.0 Å². The van der Waals surface area contributed by atoms with Crippen LogP contribution in [0.3, 0.4) is 0 Å². The van der Waals surface area contributed by atoms with E-state index in [0.29, 0.717) is 5.13 Å². The number of aryl methyl sites for hydroxylation is 3. The van der Waals surface area contributed by atoms with Gasteiger partial charge in [-0.2, -0.15) is 0 Å². The highest BCUT2D eigenvalue weighted by Gasteiger charge is 2.15. The van der Waals surface area contributed by atoms with E-state index in [9.17, 15) is 4.79 Å². The third-order valence-corrected chi connectivity index (χ3v) is 4.13. The van der Waals surface area contributed by atoms with Crippen LogP contribution in [-0.2, 0) is 11.2 Å². The average molecular weight is 304 g/mol. The van der Waals surface area contributed by atoms with Crippen LogP contribution in [-0.4, -0.2) is 22.1 Å². The van der Waals surface area contributed by atoms with Gasteiger partial charge in [0, 0.05) is 5.69 Å². The lowest BCUT2D eigenvalue weighted by Gasteiger charge is -2.16. The molecule has 0 aliphatic carbocycles. The maximum absolute atomic E-state index is 12.2. The van der Waals surface area contributed by atoms with E-state index >= 15 is 0 Å². The average Bonchev–Trinajstić information content (AvgIpc) is 2.89. The van der Waals surface area contributed by atoms with Crippen molar-refractivity contribution in [2.45, 2.75) is 40.2 Å². The molecular weight excluding hydrogens is 284 g/mol. The van der Waals surface area contributed by atoms with Gasteiger partial charge in [0.2, 0.25) is 11.0 Å². The first-order chi connectivity index (χ1) is 9.99. The Morgan fingerprint density at radius 2 is 2.10 bits per heavy atom. The second-order valence-corrected chi connectivity index (χ2v) is 6.09. The molecule has 6 heteroatoms. The highest BCUT2D eigenvalue weighted by atomic mass is 32.1. The molecule has 1 amide bonds. The number of carbonyl (C=O) groups is 1. The standard InChI is InChI=1S/C15H20N4OS/c1-5-13-18-19-15(21-13)17-14(20)11(4)16-12-7-6-9(2)8-10(12)3/h6-8,11,16H,5H2,1-4H3,(H,17,19,20)/t11-/m0/s1. The summed E-state index contributed by atoms with van der Waals surface area (Å²) in [7, 11) is 0. The molecule has 0 bridgehead atoms. The summed E-state index contributed by atoms with van der Waals surface area (Å²) in [6.07, 6.45) is 0.823. The number of nitrogens with zero attached hydrogens (tertiary/aromatic N) is 2. The topological polar surface area (TPSA) is 66.9 Å². The van der Waals surface area contributed by atoms with Crippen LogP contribution >= 0.6 is 11.3 Å². The fourth-order valence-corrected chi connectivity index (χ4v) is 2.62. The quantitative estimate of drug-likeness (QED) is 0.890. The van der Waals surface area contributed by atoms with Gasteiger partial charge in [0.15, 0.2) is 0 Å². The number of nitrogens with one attached hydrogen (secondary N) is 2. The Hall–Kier alpha value is -1.95. The maximum atomic E-state index is 12.2. The maximum Gasteiger partial charge on any atom is 0.248 e. The second kappa shape index (κ2) is 6.67. The Bertz CT molecular complexity index is 638. The Labute approximate surface area is 128 Å². The second-order valence-electron chi connectivity index (χ2n) is 5.03. The first-order valence-electron chi connectivity index (χ1n) is 6.96. The Balaban J connectivity index is 1.98. The summed E-state index contributed by atoms with van der Waals surface area (Å²) in [6, 6.07) is 5.76. The highest BCUT2D eigenvalue weighted by Crippen LogP contribution is 2.18. The Morgan fingerprint density at radius 3 is 2.71 bits per heavy atom. The molecule has 2 N–H and O–H groups in total. The SMILES string of the molecule is CCc1nnc(NC(=O)[C@H](C)Nc2ccc(C)cc2C)s1. The van der Waals surface area contributed by atoms with Crippen LogP contribution in [0.2, 0.25) is 0 Å². The molecule has 5 nitrogen and oxygen atoms in total. The summed E-state index contributed by atoms with van der Waals surface area (Å²) in [5, 5.41) is 15.4. The number of carbonyl (C=O) groups excluding carboxylic acids is 1. The number of hydrogen-bond donors (Lipinski definition) is 2. The van der Waals surface area contributed by atoms with E-state index in [4.69, 9.17) is 0 Å². The van der Waals surface area contributed by atoms with Gasteiger partial charge in [-0.1, -0.05) is 36.0 Å². The summed E-state index contributed by atoms with van der Waals surface area (Å²) in [4.78, 5) is 12.2. The lowest BCUT2D eigenvalue weighted by molar-refractivity contribution is -0.116. The predicted octanol–water partition coefficient (Wildman–Crippen LogP) is 3.16. The molecule has 2 rings (SSSR count). The first kappa shape index (κ1) is 15.4. The molecule has 21 heavy (non-hydrogen) atoms. The van der Waals surface area contributed by atoms with Crippen LogP contribution in [0.25, 0.3) is 0 Å². The third-order valence-electron chi connectivity index (χ3n) is 3.15. The molecule has 0 radical (unpaired) electrons. The number of amides is 1. The predicted molar refractivity (Wildman–Crippen MR) is 86.9 cm³/mol. The van der Waals surface area contributed by atoms with Crippen molar-refractivity contribution < 1.29 is 4.79 Å². The zero-order valence-electron chi connectivity index (χ0n) is 12.7. The van der Waals surface area contributed by atoms with Crippen molar-refractivity contribution in [3.63, 3.8) is 0 Å². The molecule has 1 heterocycles. The van der Waals surface area contributed by atoms with Gasteiger partial charge in [-0.3, -0.25) is 10.1 Å². The molecule has 0 saturated carbocycles. The molecule has 112 valence electrons. The van der Waals surface area contributed by atoms with Crippen molar-refractivity contribution in [3.8, 4) is 0 Å². The molecule has 0 unspecified atom stereocenters. The van der Waals surface area contributed by atoms with Crippen molar-refractivity contribution in [2.24, 2.45) is 0 Å². The molecule has 1 aromatic carbocycles. The summed E-state index contributed by atoms with van der Waals surface area (Å²) in [5.41, 5.74) is 3.30. The zero-order chi connectivity index (χ0) is 15.4. The molecule has 1 atom stereocenters. The minimum Gasteiger partial charge on any atom is -0.374 e. The van der Waals surface area contributed by atoms with Gasteiger partial charge in [0.25, 0.3) is 0 Å². The van der Waals surface area contributed by atoms with E-state index in [1.807, 2.05) is 39.8 Å². The lowest BCUT2D eigenvalue weighted by Crippen LogP contribution is -2.32. The van der Waals surface area contributed by atoms with E-state index < -0.39 is 0 Å². The van der Waals surface area contributed by atoms with E-state index in [2.05, 4.69) is 26.9 Å². The molecule has 2 aromatic rings. The molecule has 0 aliphatic heterocycles. The highest BCUT2D eigenvalue weighted by molar-refractivity contribution is 7.15. The largest absolute Gasteiger partial charge is 0.374 e. The van der Waals surface area contributed by atoms with Crippen molar-refractivity contribution in [1.82, 2.24) is 10.2 Å². The fourth-order valence-electron chi connectivity index (χ4n) is 1.93. The molecule has 0 spiro atoms. The summed E-state index contributed by atoms with van der Waals surface area (Å²) >= 11 is 1.41. The van der Waals surface area contributed by atoms with Gasteiger partial charge >= 0.3 is 0 Å². The summed E-state index contributed by atoms with van der Waals surface area (Å²) in [5.74, 6) is -0.117. The number of hydrogen-bond acceptors (Lipinski definition) is 5. The van der Waals surface area contributed by atoms with Crippen molar-refractivity contribution >= 4 is 28.1 Å².